The molecule has 0 aliphatic carbocycles. The van der Waals surface area contributed by atoms with Crippen LogP contribution in [0.15, 0.2) is 18.2 Å². The molecule has 1 N–H and O–H groups in total. The summed E-state index contributed by atoms with van der Waals surface area (Å²) in [5, 5.41) is 3.21. The molecule has 0 saturated carbocycles. The van der Waals surface area contributed by atoms with Crippen molar-refractivity contribution in [1.29, 1.82) is 0 Å². The van der Waals surface area contributed by atoms with Gasteiger partial charge in [-0.05, 0) is 49.1 Å². The summed E-state index contributed by atoms with van der Waals surface area (Å²) in [6, 6.07) is 3.64. The molecule has 0 atom stereocenters. The molecule has 0 amide bonds. The summed E-state index contributed by atoms with van der Waals surface area (Å²) >= 11 is 1.88. The van der Waals surface area contributed by atoms with E-state index in [-0.39, 0.29) is 0 Å². The van der Waals surface area contributed by atoms with E-state index in [0.29, 0.717) is 12.1 Å². The Morgan fingerprint density at radius 2 is 1.67 bits per heavy atom. The Hall–Kier alpha value is -0.610. The van der Waals surface area contributed by atoms with Gasteiger partial charge in [0.05, 0.1) is 0 Å². The van der Waals surface area contributed by atoms with Gasteiger partial charge in [0.15, 0.2) is 0 Å². The molecule has 4 heteroatoms. The first-order valence-corrected chi connectivity index (χ1v) is 7.76. The zero-order valence-corrected chi connectivity index (χ0v) is 11.7. The maximum absolute atomic E-state index is 12.9. The van der Waals surface area contributed by atoms with E-state index in [9.17, 15) is 8.78 Å². The Morgan fingerprint density at radius 3 is 2.33 bits per heavy atom. The highest BCUT2D eigenvalue weighted by molar-refractivity contribution is 7.98. The van der Waals surface area contributed by atoms with Crippen molar-refractivity contribution in [1.82, 2.24) is 5.32 Å². The third kappa shape index (κ3) is 6.97. The Balaban J connectivity index is 2.07. The van der Waals surface area contributed by atoms with Gasteiger partial charge in [0.2, 0.25) is 0 Å². The van der Waals surface area contributed by atoms with Gasteiger partial charge in [-0.1, -0.05) is 12.8 Å². The Morgan fingerprint density at radius 1 is 1.00 bits per heavy atom. The van der Waals surface area contributed by atoms with Crippen LogP contribution >= 0.6 is 11.8 Å². The van der Waals surface area contributed by atoms with E-state index >= 15 is 0 Å². The van der Waals surface area contributed by atoms with Crippen molar-refractivity contribution >= 4 is 11.8 Å². The second-order valence-corrected chi connectivity index (χ2v) is 5.35. The summed E-state index contributed by atoms with van der Waals surface area (Å²) in [4.78, 5) is 0. The number of hydrogen-bond donors (Lipinski definition) is 1. The van der Waals surface area contributed by atoms with Gasteiger partial charge in [0.25, 0.3) is 0 Å². The molecule has 0 unspecified atom stereocenters. The normalized spacial score (nSPS) is 10.8. The topological polar surface area (TPSA) is 12.0 Å². The van der Waals surface area contributed by atoms with Crippen molar-refractivity contribution in [3.05, 3.63) is 35.4 Å². The smallest absolute Gasteiger partial charge is 0.126 e. The maximum atomic E-state index is 12.9. The van der Waals surface area contributed by atoms with Gasteiger partial charge in [-0.25, -0.2) is 8.78 Å². The molecule has 0 fully saturated rings. The van der Waals surface area contributed by atoms with Gasteiger partial charge >= 0.3 is 0 Å². The Bertz CT molecular complexity index is 324. The fraction of sp³-hybridized carbons (Fsp3) is 0.571. The van der Waals surface area contributed by atoms with Gasteiger partial charge in [-0.2, -0.15) is 11.8 Å². The van der Waals surface area contributed by atoms with Gasteiger partial charge in [-0.3, -0.25) is 0 Å². The Kier molecular flexibility index (Phi) is 8.01. The van der Waals surface area contributed by atoms with Crippen LogP contribution in [0.4, 0.5) is 8.78 Å². The zero-order chi connectivity index (χ0) is 13.2. The molecule has 1 aromatic rings. The lowest BCUT2D eigenvalue weighted by atomic mass is 10.2. The monoisotopic (exact) mass is 273 g/mol. The van der Waals surface area contributed by atoms with Crippen molar-refractivity contribution < 1.29 is 8.78 Å². The molecule has 0 spiro atoms. The van der Waals surface area contributed by atoms with Crippen LogP contribution in [0.1, 0.15) is 31.2 Å². The van der Waals surface area contributed by atoms with Crippen LogP contribution in [-0.2, 0) is 6.54 Å². The number of rotatable bonds is 9. The van der Waals surface area contributed by atoms with E-state index in [0.717, 1.165) is 19.0 Å². The summed E-state index contributed by atoms with van der Waals surface area (Å²) in [6.45, 7) is 1.43. The first-order chi connectivity index (χ1) is 8.72. The Labute approximate surface area is 112 Å². The van der Waals surface area contributed by atoms with Gasteiger partial charge in [0.1, 0.15) is 11.6 Å². The van der Waals surface area contributed by atoms with Gasteiger partial charge < -0.3 is 5.32 Å². The third-order valence-electron chi connectivity index (χ3n) is 2.70. The SMILES string of the molecule is CSCCCCCCNCc1cc(F)cc(F)c1. The van der Waals surface area contributed by atoms with Crippen molar-refractivity contribution in [2.45, 2.75) is 32.2 Å². The highest BCUT2D eigenvalue weighted by atomic mass is 32.2. The molecule has 0 heterocycles. The molecule has 0 radical (unpaired) electrons. The summed E-state index contributed by atoms with van der Waals surface area (Å²) in [6.07, 6.45) is 6.99. The van der Waals surface area contributed by atoms with Crippen molar-refractivity contribution in [3.8, 4) is 0 Å². The van der Waals surface area contributed by atoms with Crippen molar-refractivity contribution in [3.63, 3.8) is 0 Å². The number of halogens is 2. The predicted octanol–water partition coefficient (Wildman–Crippen LogP) is 3.98. The van der Waals surface area contributed by atoms with Crippen molar-refractivity contribution in [2.24, 2.45) is 0 Å². The average molecular weight is 273 g/mol. The number of unbranched alkanes of at least 4 members (excludes halogenated alkanes) is 3. The van der Waals surface area contributed by atoms with E-state index in [4.69, 9.17) is 0 Å². The van der Waals surface area contributed by atoms with Crippen LogP contribution < -0.4 is 5.32 Å². The van der Waals surface area contributed by atoms with Crippen LogP contribution in [0.2, 0.25) is 0 Å². The molecule has 0 saturated heterocycles. The highest BCUT2D eigenvalue weighted by Gasteiger charge is 1.99. The summed E-state index contributed by atoms with van der Waals surface area (Å²) in [5.74, 6) is 0.212. The average Bonchev–Trinajstić information content (AvgIpc) is 2.31. The maximum Gasteiger partial charge on any atom is 0.126 e. The second kappa shape index (κ2) is 9.34. The van der Waals surface area contributed by atoms with E-state index in [1.165, 1.54) is 37.1 Å². The lowest BCUT2D eigenvalue weighted by Crippen LogP contribution is -2.14. The van der Waals surface area contributed by atoms with E-state index in [1.807, 2.05) is 11.8 Å². The van der Waals surface area contributed by atoms with Crippen LogP contribution in [0.5, 0.6) is 0 Å². The summed E-state index contributed by atoms with van der Waals surface area (Å²) in [7, 11) is 0. The minimum absolute atomic E-state index is 0.510. The van der Waals surface area contributed by atoms with E-state index in [1.54, 1.807) is 0 Å². The summed E-state index contributed by atoms with van der Waals surface area (Å²) in [5.41, 5.74) is 0.662. The standard InChI is InChI=1S/C14H21F2NS/c1-18-7-5-3-2-4-6-17-11-12-8-13(15)10-14(16)9-12/h8-10,17H,2-7,11H2,1H3. The van der Waals surface area contributed by atoms with Crippen LogP contribution in [-0.4, -0.2) is 18.6 Å². The quantitative estimate of drug-likeness (QED) is 0.683. The van der Waals surface area contributed by atoms with Crippen LogP contribution in [0.3, 0.4) is 0 Å². The van der Waals surface area contributed by atoms with Crippen LogP contribution in [0, 0.1) is 11.6 Å². The van der Waals surface area contributed by atoms with E-state index in [2.05, 4.69) is 11.6 Å². The molecule has 0 aliphatic rings. The van der Waals surface area contributed by atoms with Crippen molar-refractivity contribution in [2.75, 3.05) is 18.6 Å². The minimum atomic E-state index is -0.510. The molecule has 1 aromatic carbocycles. The first-order valence-electron chi connectivity index (χ1n) is 6.37. The number of benzene rings is 1. The molecule has 102 valence electrons. The molecule has 1 nitrogen and oxygen atoms in total. The fourth-order valence-corrected chi connectivity index (χ4v) is 2.29. The number of nitrogens with one attached hydrogen (secondary N) is 1. The fourth-order valence-electron chi connectivity index (χ4n) is 1.80. The molecule has 1 rings (SSSR count). The molecular formula is C14H21F2NS. The molecular weight excluding hydrogens is 252 g/mol. The zero-order valence-electron chi connectivity index (χ0n) is 10.8. The summed E-state index contributed by atoms with van der Waals surface area (Å²) < 4.78 is 25.8. The lowest BCUT2D eigenvalue weighted by Gasteiger charge is -2.05. The molecule has 0 aromatic heterocycles. The largest absolute Gasteiger partial charge is 0.313 e. The molecule has 0 bridgehead atoms. The van der Waals surface area contributed by atoms with Crippen LogP contribution in [0.25, 0.3) is 0 Å². The second-order valence-electron chi connectivity index (χ2n) is 4.36. The number of hydrogen-bond acceptors (Lipinski definition) is 2. The highest BCUT2D eigenvalue weighted by Crippen LogP contribution is 2.08. The first kappa shape index (κ1) is 15.4. The molecule has 0 aliphatic heterocycles. The minimum Gasteiger partial charge on any atom is -0.313 e. The van der Waals surface area contributed by atoms with E-state index < -0.39 is 11.6 Å². The van der Waals surface area contributed by atoms with Gasteiger partial charge in [-0.15, -0.1) is 0 Å². The molecule has 18 heavy (non-hydrogen) atoms. The van der Waals surface area contributed by atoms with Gasteiger partial charge in [0, 0.05) is 12.6 Å². The number of thioether (sulfide) groups is 1. The lowest BCUT2D eigenvalue weighted by molar-refractivity contribution is 0.569. The third-order valence-corrected chi connectivity index (χ3v) is 3.40. The predicted molar refractivity (Wildman–Crippen MR) is 74.9 cm³/mol.